The highest BCUT2D eigenvalue weighted by molar-refractivity contribution is 9.09. The predicted molar refractivity (Wildman–Crippen MR) is 85.6 cm³/mol. The van der Waals surface area contributed by atoms with Gasteiger partial charge in [0.15, 0.2) is 5.16 Å². The van der Waals surface area contributed by atoms with E-state index in [1.807, 2.05) is 25.1 Å². The second-order valence-electron chi connectivity index (χ2n) is 4.25. The number of fused-ring (bicyclic) bond motifs is 1. The molecular weight excluding hydrogens is 324 g/mol. The number of ether oxygens (including phenoxy) is 1. The number of rotatable bonds is 8. The Morgan fingerprint density at radius 1 is 1.32 bits per heavy atom. The first-order valence-electron chi connectivity index (χ1n) is 6.65. The summed E-state index contributed by atoms with van der Waals surface area (Å²) in [6.07, 6.45) is 3.75. The van der Waals surface area contributed by atoms with Gasteiger partial charge in [-0.05, 0) is 31.9 Å². The number of benzene rings is 1. The Morgan fingerprint density at radius 2 is 2.21 bits per heavy atom. The smallest absolute Gasteiger partial charge is 0.166 e. The fourth-order valence-corrected chi connectivity index (χ4v) is 3.12. The van der Waals surface area contributed by atoms with Crippen LogP contribution in [0.3, 0.4) is 0 Å². The molecule has 0 aliphatic heterocycles. The van der Waals surface area contributed by atoms with Crippen molar-refractivity contribution in [3.63, 3.8) is 0 Å². The molecule has 0 aliphatic carbocycles. The molecule has 0 atom stereocenters. The molecule has 2 aromatic rings. The molecule has 3 nitrogen and oxygen atoms in total. The number of imidazole rings is 1. The summed E-state index contributed by atoms with van der Waals surface area (Å²) in [5.41, 5.74) is 2.06. The standard InChI is InChI=1S/C14H19BrN2OS/c1-2-18-11-6-7-12-13(10-11)17-14(16-12)19-9-5-3-4-8-15/h6-7,10H,2-5,8-9H2,1H3,(H,16,17). The van der Waals surface area contributed by atoms with Crippen LogP contribution in [-0.4, -0.2) is 27.7 Å². The number of unbranched alkanes of at least 4 members (excludes halogenated alkanes) is 2. The molecule has 0 saturated carbocycles. The molecule has 0 radical (unpaired) electrons. The minimum Gasteiger partial charge on any atom is -0.494 e. The number of hydrogen-bond donors (Lipinski definition) is 1. The maximum atomic E-state index is 5.49. The largest absolute Gasteiger partial charge is 0.494 e. The highest BCUT2D eigenvalue weighted by Gasteiger charge is 2.04. The lowest BCUT2D eigenvalue weighted by molar-refractivity contribution is 0.340. The zero-order valence-electron chi connectivity index (χ0n) is 11.1. The molecule has 0 unspecified atom stereocenters. The van der Waals surface area contributed by atoms with E-state index in [2.05, 4.69) is 25.9 Å². The third-order valence-corrected chi connectivity index (χ3v) is 4.28. The monoisotopic (exact) mass is 342 g/mol. The molecule has 0 saturated heterocycles. The van der Waals surface area contributed by atoms with Crippen LogP contribution < -0.4 is 4.74 Å². The lowest BCUT2D eigenvalue weighted by Gasteiger charge is -2.00. The van der Waals surface area contributed by atoms with Gasteiger partial charge in [-0.2, -0.15) is 0 Å². The van der Waals surface area contributed by atoms with E-state index < -0.39 is 0 Å². The topological polar surface area (TPSA) is 37.9 Å². The lowest BCUT2D eigenvalue weighted by Crippen LogP contribution is -1.90. The van der Waals surface area contributed by atoms with Crippen molar-refractivity contribution in [2.45, 2.75) is 31.3 Å². The number of hydrogen-bond acceptors (Lipinski definition) is 3. The number of thioether (sulfide) groups is 1. The Balaban J connectivity index is 1.93. The number of alkyl halides is 1. The summed E-state index contributed by atoms with van der Waals surface area (Å²) in [4.78, 5) is 7.92. The molecule has 19 heavy (non-hydrogen) atoms. The van der Waals surface area contributed by atoms with E-state index in [-0.39, 0.29) is 0 Å². The zero-order valence-corrected chi connectivity index (χ0v) is 13.5. The van der Waals surface area contributed by atoms with Crippen molar-refractivity contribution in [1.82, 2.24) is 9.97 Å². The molecule has 2 rings (SSSR count). The summed E-state index contributed by atoms with van der Waals surface area (Å²) in [6, 6.07) is 5.99. The predicted octanol–water partition coefficient (Wildman–Crippen LogP) is 4.62. The molecule has 1 aromatic carbocycles. The third-order valence-electron chi connectivity index (χ3n) is 2.76. The van der Waals surface area contributed by atoms with Gasteiger partial charge < -0.3 is 9.72 Å². The van der Waals surface area contributed by atoms with Crippen LogP contribution in [0.15, 0.2) is 23.4 Å². The molecular formula is C14H19BrN2OS. The summed E-state index contributed by atoms with van der Waals surface area (Å²) in [7, 11) is 0. The van der Waals surface area contributed by atoms with E-state index in [0.29, 0.717) is 6.61 Å². The molecule has 5 heteroatoms. The Hall–Kier alpha value is -0.680. The van der Waals surface area contributed by atoms with Crippen molar-refractivity contribution in [2.75, 3.05) is 17.7 Å². The number of aromatic amines is 1. The van der Waals surface area contributed by atoms with Gasteiger partial charge in [0.2, 0.25) is 0 Å². The van der Waals surface area contributed by atoms with Gasteiger partial charge in [-0.3, -0.25) is 0 Å². The molecule has 0 spiro atoms. The maximum Gasteiger partial charge on any atom is 0.166 e. The van der Waals surface area contributed by atoms with Gasteiger partial charge in [0, 0.05) is 17.1 Å². The van der Waals surface area contributed by atoms with Gasteiger partial charge in [-0.25, -0.2) is 4.98 Å². The minimum atomic E-state index is 0.689. The Bertz CT molecular complexity index is 515. The number of halogens is 1. The van der Waals surface area contributed by atoms with Crippen LogP contribution >= 0.6 is 27.7 Å². The molecule has 1 heterocycles. The number of nitrogens with one attached hydrogen (secondary N) is 1. The van der Waals surface area contributed by atoms with E-state index in [1.54, 1.807) is 11.8 Å². The van der Waals surface area contributed by atoms with Crippen molar-refractivity contribution in [3.8, 4) is 5.75 Å². The molecule has 1 N–H and O–H groups in total. The third kappa shape index (κ3) is 4.42. The second kappa shape index (κ2) is 7.80. The van der Waals surface area contributed by atoms with Crippen LogP contribution in [0.2, 0.25) is 0 Å². The van der Waals surface area contributed by atoms with Gasteiger partial charge in [-0.1, -0.05) is 34.1 Å². The van der Waals surface area contributed by atoms with Gasteiger partial charge in [0.25, 0.3) is 0 Å². The van der Waals surface area contributed by atoms with Crippen LogP contribution in [0.1, 0.15) is 26.2 Å². The van der Waals surface area contributed by atoms with Crippen LogP contribution in [-0.2, 0) is 0 Å². The van der Waals surface area contributed by atoms with Crippen LogP contribution in [0.4, 0.5) is 0 Å². The maximum absolute atomic E-state index is 5.49. The number of aromatic nitrogens is 2. The number of H-pyrrole nitrogens is 1. The average molecular weight is 343 g/mol. The zero-order chi connectivity index (χ0) is 13.5. The molecule has 0 amide bonds. The Labute approximate surface area is 126 Å². The van der Waals surface area contributed by atoms with Gasteiger partial charge in [0.05, 0.1) is 17.6 Å². The molecule has 0 aliphatic rings. The Morgan fingerprint density at radius 3 is 3.00 bits per heavy atom. The van der Waals surface area contributed by atoms with Gasteiger partial charge in [0.1, 0.15) is 5.75 Å². The van der Waals surface area contributed by atoms with Gasteiger partial charge >= 0.3 is 0 Å². The summed E-state index contributed by atoms with van der Waals surface area (Å²) >= 11 is 5.24. The highest BCUT2D eigenvalue weighted by atomic mass is 79.9. The first-order chi connectivity index (χ1) is 9.33. The summed E-state index contributed by atoms with van der Waals surface area (Å²) in [6.45, 7) is 2.68. The molecule has 104 valence electrons. The van der Waals surface area contributed by atoms with Crippen molar-refractivity contribution < 1.29 is 4.74 Å². The first-order valence-corrected chi connectivity index (χ1v) is 8.75. The van der Waals surface area contributed by atoms with Crippen LogP contribution in [0.25, 0.3) is 11.0 Å². The van der Waals surface area contributed by atoms with E-state index in [1.165, 1.54) is 19.3 Å². The SMILES string of the molecule is CCOc1ccc2nc(SCCCCCBr)[nH]c2c1. The first kappa shape index (κ1) is 14.7. The normalized spacial score (nSPS) is 11.1. The van der Waals surface area contributed by atoms with Gasteiger partial charge in [-0.15, -0.1) is 0 Å². The van der Waals surface area contributed by atoms with Crippen LogP contribution in [0, 0.1) is 0 Å². The molecule has 1 aromatic heterocycles. The summed E-state index contributed by atoms with van der Waals surface area (Å²) in [5, 5.41) is 2.10. The number of nitrogens with zero attached hydrogens (tertiary/aromatic N) is 1. The summed E-state index contributed by atoms with van der Waals surface area (Å²) < 4.78 is 5.49. The van der Waals surface area contributed by atoms with Crippen LogP contribution in [0.5, 0.6) is 5.75 Å². The van der Waals surface area contributed by atoms with E-state index >= 15 is 0 Å². The minimum absolute atomic E-state index is 0.689. The molecule has 0 fully saturated rings. The fourth-order valence-electron chi connectivity index (χ4n) is 1.83. The van der Waals surface area contributed by atoms with Crippen molar-refractivity contribution >= 4 is 38.7 Å². The second-order valence-corrected chi connectivity index (χ2v) is 6.13. The lowest BCUT2D eigenvalue weighted by atomic mass is 10.3. The van der Waals surface area contributed by atoms with Crippen molar-refractivity contribution in [3.05, 3.63) is 18.2 Å². The fraction of sp³-hybridized carbons (Fsp3) is 0.500. The van der Waals surface area contributed by atoms with Crippen molar-refractivity contribution in [1.29, 1.82) is 0 Å². The average Bonchev–Trinajstić information content (AvgIpc) is 2.81. The van der Waals surface area contributed by atoms with E-state index in [4.69, 9.17) is 4.74 Å². The quantitative estimate of drug-likeness (QED) is 0.432. The summed E-state index contributed by atoms with van der Waals surface area (Å²) in [5.74, 6) is 2.01. The van der Waals surface area contributed by atoms with E-state index in [0.717, 1.165) is 33.0 Å². The van der Waals surface area contributed by atoms with Crippen molar-refractivity contribution in [2.24, 2.45) is 0 Å². The highest BCUT2D eigenvalue weighted by Crippen LogP contribution is 2.24. The Kier molecular flexibility index (Phi) is 6.04. The molecule has 0 bridgehead atoms. The van der Waals surface area contributed by atoms with E-state index in [9.17, 15) is 0 Å².